The zero-order chi connectivity index (χ0) is 12.0. The van der Waals surface area contributed by atoms with E-state index in [1.807, 2.05) is 6.92 Å². The summed E-state index contributed by atoms with van der Waals surface area (Å²) in [5.41, 5.74) is 7.32. The minimum absolute atomic E-state index is 0.149. The number of benzene rings is 1. The number of oxime groups is 1. The fourth-order valence-corrected chi connectivity index (χ4v) is 1.41. The van der Waals surface area contributed by atoms with Crippen LogP contribution in [-0.4, -0.2) is 24.1 Å². The lowest BCUT2D eigenvalue weighted by Gasteiger charge is -2.06. The number of aryl methyl sites for hydroxylation is 1. The molecule has 0 fully saturated rings. The van der Waals surface area contributed by atoms with E-state index in [9.17, 15) is 4.39 Å². The SMILES string of the molecule is Cc1cc(F)ccc1CCNCC(N)=NO. The van der Waals surface area contributed by atoms with E-state index in [4.69, 9.17) is 10.9 Å². The molecular weight excluding hydrogens is 209 g/mol. The van der Waals surface area contributed by atoms with Crippen LogP contribution in [0.4, 0.5) is 4.39 Å². The number of hydrogen-bond donors (Lipinski definition) is 3. The van der Waals surface area contributed by atoms with Crippen molar-refractivity contribution in [1.29, 1.82) is 0 Å². The molecule has 0 aromatic heterocycles. The van der Waals surface area contributed by atoms with Crippen molar-refractivity contribution in [3.8, 4) is 0 Å². The summed E-state index contributed by atoms with van der Waals surface area (Å²) in [6, 6.07) is 4.74. The van der Waals surface area contributed by atoms with Gasteiger partial charge in [-0.25, -0.2) is 4.39 Å². The third kappa shape index (κ3) is 3.86. The van der Waals surface area contributed by atoms with Crippen molar-refractivity contribution >= 4 is 5.84 Å². The summed E-state index contributed by atoms with van der Waals surface area (Å²) in [7, 11) is 0. The Kier molecular flexibility index (Phi) is 4.72. The summed E-state index contributed by atoms with van der Waals surface area (Å²) in [5.74, 6) is -0.0679. The molecule has 1 rings (SSSR count). The van der Waals surface area contributed by atoms with Gasteiger partial charge < -0.3 is 16.3 Å². The van der Waals surface area contributed by atoms with Crippen molar-refractivity contribution in [2.24, 2.45) is 10.9 Å². The lowest BCUT2D eigenvalue weighted by atomic mass is 10.1. The second-order valence-corrected chi connectivity index (χ2v) is 3.59. The molecule has 0 unspecified atom stereocenters. The predicted molar refractivity (Wildman–Crippen MR) is 61.1 cm³/mol. The molecule has 0 spiro atoms. The molecule has 0 saturated heterocycles. The van der Waals surface area contributed by atoms with Gasteiger partial charge in [-0.2, -0.15) is 0 Å². The summed E-state index contributed by atoms with van der Waals surface area (Å²) in [5, 5.41) is 14.2. The highest BCUT2D eigenvalue weighted by Gasteiger charge is 2.00. The van der Waals surface area contributed by atoms with Gasteiger partial charge in [0.15, 0.2) is 5.84 Å². The Labute approximate surface area is 94.0 Å². The highest BCUT2D eigenvalue weighted by Crippen LogP contribution is 2.10. The molecule has 0 radical (unpaired) electrons. The Morgan fingerprint density at radius 1 is 1.56 bits per heavy atom. The van der Waals surface area contributed by atoms with Crippen LogP contribution in [0.5, 0.6) is 0 Å². The first-order valence-electron chi connectivity index (χ1n) is 5.05. The first-order valence-corrected chi connectivity index (χ1v) is 5.05. The van der Waals surface area contributed by atoms with Crippen molar-refractivity contribution in [1.82, 2.24) is 5.32 Å². The smallest absolute Gasteiger partial charge is 0.153 e. The standard InChI is InChI=1S/C11H16FN3O/c1-8-6-10(12)3-2-9(8)4-5-14-7-11(13)15-16/h2-3,6,14,16H,4-5,7H2,1H3,(H2,13,15). The number of nitrogens with one attached hydrogen (secondary N) is 1. The van der Waals surface area contributed by atoms with Gasteiger partial charge in [-0.15, -0.1) is 0 Å². The van der Waals surface area contributed by atoms with Crippen molar-refractivity contribution in [2.75, 3.05) is 13.1 Å². The van der Waals surface area contributed by atoms with Gasteiger partial charge >= 0.3 is 0 Å². The second-order valence-electron chi connectivity index (χ2n) is 3.59. The molecule has 0 aliphatic carbocycles. The maximum absolute atomic E-state index is 12.8. The van der Waals surface area contributed by atoms with Gasteiger partial charge in [0, 0.05) is 0 Å². The van der Waals surface area contributed by atoms with Crippen LogP contribution < -0.4 is 11.1 Å². The molecule has 4 N–H and O–H groups in total. The van der Waals surface area contributed by atoms with Crippen LogP contribution in [0.2, 0.25) is 0 Å². The molecule has 88 valence electrons. The molecule has 0 aliphatic rings. The molecule has 16 heavy (non-hydrogen) atoms. The molecular formula is C11H16FN3O. The van der Waals surface area contributed by atoms with E-state index in [-0.39, 0.29) is 11.7 Å². The zero-order valence-corrected chi connectivity index (χ0v) is 9.20. The Bertz CT molecular complexity index is 379. The number of halogens is 1. The fraction of sp³-hybridized carbons (Fsp3) is 0.364. The predicted octanol–water partition coefficient (Wildman–Crippen LogP) is 1.01. The van der Waals surface area contributed by atoms with Crippen LogP contribution >= 0.6 is 0 Å². The number of nitrogens with two attached hydrogens (primary N) is 1. The fourth-order valence-electron chi connectivity index (χ4n) is 1.41. The van der Waals surface area contributed by atoms with Gasteiger partial charge in [-0.05, 0) is 43.1 Å². The molecule has 4 nitrogen and oxygen atoms in total. The second kappa shape index (κ2) is 6.07. The number of hydrogen-bond acceptors (Lipinski definition) is 3. The summed E-state index contributed by atoms with van der Waals surface area (Å²) >= 11 is 0. The summed E-state index contributed by atoms with van der Waals surface area (Å²) < 4.78 is 12.8. The summed E-state index contributed by atoms with van der Waals surface area (Å²) in [6.45, 7) is 2.92. The Balaban J connectivity index is 2.37. The van der Waals surface area contributed by atoms with Crippen molar-refractivity contribution in [2.45, 2.75) is 13.3 Å². The molecule has 5 heteroatoms. The molecule has 0 bridgehead atoms. The maximum atomic E-state index is 12.8. The largest absolute Gasteiger partial charge is 0.409 e. The van der Waals surface area contributed by atoms with Gasteiger partial charge in [0.2, 0.25) is 0 Å². The van der Waals surface area contributed by atoms with Crippen LogP contribution in [0.15, 0.2) is 23.4 Å². The number of nitrogens with zero attached hydrogens (tertiary/aromatic N) is 1. The van der Waals surface area contributed by atoms with Crippen molar-refractivity contribution < 1.29 is 9.60 Å². The average Bonchev–Trinajstić information content (AvgIpc) is 2.26. The number of rotatable bonds is 5. The Morgan fingerprint density at radius 3 is 2.94 bits per heavy atom. The highest BCUT2D eigenvalue weighted by molar-refractivity contribution is 5.81. The van der Waals surface area contributed by atoms with E-state index in [1.165, 1.54) is 12.1 Å². The summed E-state index contributed by atoms with van der Waals surface area (Å²) in [4.78, 5) is 0. The lowest BCUT2D eigenvalue weighted by Crippen LogP contribution is -2.30. The minimum atomic E-state index is -0.217. The molecule has 0 atom stereocenters. The third-order valence-electron chi connectivity index (χ3n) is 2.31. The first-order chi connectivity index (χ1) is 7.63. The zero-order valence-electron chi connectivity index (χ0n) is 9.20. The Hall–Kier alpha value is -1.62. The minimum Gasteiger partial charge on any atom is -0.409 e. The Morgan fingerprint density at radius 2 is 2.31 bits per heavy atom. The van der Waals surface area contributed by atoms with Crippen molar-refractivity contribution in [3.05, 3.63) is 35.1 Å². The highest BCUT2D eigenvalue weighted by atomic mass is 19.1. The van der Waals surface area contributed by atoms with E-state index >= 15 is 0 Å². The van der Waals surface area contributed by atoms with E-state index in [1.54, 1.807) is 6.07 Å². The van der Waals surface area contributed by atoms with E-state index in [0.717, 1.165) is 17.5 Å². The summed E-state index contributed by atoms with van der Waals surface area (Å²) in [6.07, 6.45) is 0.783. The van der Waals surface area contributed by atoms with Gasteiger partial charge in [0.1, 0.15) is 5.82 Å². The normalized spacial score (nSPS) is 11.8. The quantitative estimate of drug-likeness (QED) is 0.230. The van der Waals surface area contributed by atoms with Gasteiger partial charge in [0.05, 0.1) is 6.54 Å². The van der Waals surface area contributed by atoms with Gasteiger partial charge in [0.25, 0.3) is 0 Å². The number of amidine groups is 1. The topological polar surface area (TPSA) is 70.6 Å². The molecule has 0 aliphatic heterocycles. The van der Waals surface area contributed by atoms with E-state index in [0.29, 0.717) is 13.1 Å². The molecule has 0 saturated carbocycles. The monoisotopic (exact) mass is 225 g/mol. The van der Waals surface area contributed by atoms with E-state index < -0.39 is 0 Å². The van der Waals surface area contributed by atoms with Crippen LogP contribution in [0, 0.1) is 12.7 Å². The van der Waals surface area contributed by atoms with E-state index in [2.05, 4.69) is 10.5 Å². The van der Waals surface area contributed by atoms with Crippen molar-refractivity contribution in [3.63, 3.8) is 0 Å². The van der Waals surface area contributed by atoms with Crippen LogP contribution in [0.25, 0.3) is 0 Å². The molecule has 0 amide bonds. The van der Waals surface area contributed by atoms with Crippen LogP contribution in [0.1, 0.15) is 11.1 Å². The average molecular weight is 225 g/mol. The molecule has 1 aromatic carbocycles. The molecule has 0 heterocycles. The van der Waals surface area contributed by atoms with Crippen LogP contribution in [0.3, 0.4) is 0 Å². The van der Waals surface area contributed by atoms with Crippen LogP contribution in [-0.2, 0) is 6.42 Å². The first kappa shape index (κ1) is 12.4. The maximum Gasteiger partial charge on any atom is 0.153 e. The van der Waals surface area contributed by atoms with Gasteiger partial charge in [-0.1, -0.05) is 11.2 Å². The third-order valence-corrected chi connectivity index (χ3v) is 2.31. The lowest BCUT2D eigenvalue weighted by molar-refractivity contribution is 0.317. The molecule has 1 aromatic rings. The van der Waals surface area contributed by atoms with Gasteiger partial charge in [-0.3, -0.25) is 0 Å².